The minimum Gasteiger partial charge on any atom is -0.421 e. The number of aromatic nitrogens is 4. The molecule has 0 spiro atoms. The van der Waals surface area contributed by atoms with E-state index in [2.05, 4.69) is 15.5 Å². The van der Waals surface area contributed by atoms with Crippen molar-refractivity contribution in [1.29, 1.82) is 0 Å². The molecule has 0 aliphatic rings. The monoisotopic (exact) mass is 322 g/mol. The first-order valence-corrected chi connectivity index (χ1v) is 7.27. The molecule has 5 rings (SSSR count). The van der Waals surface area contributed by atoms with Crippen molar-refractivity contribution in [3.05, 3.63) is 57.9 Å². The van der Waals surface area contributed by atoms with Crippen molar-refractivity contribution in [3.8, 4) is 0 Å². The van der Waals surface area contributed by atoms with E-state index < -0.39 is 5.63 Å². The number of nitrogens with zero attached hydrogens (tertiary/aromatic N) is 4. The van der Waals surface area contributed by atoms with Gasteiger partial charge in [0.1, 0.15) is 0 Å². The van der Waals surface area contributed by atoms with Crippen LogP contribution < -0.4 is 5.63 Å². The zero-order valence-corrected chi connectivity index (χ0v) is 12.3. The van der Waals surface area contributed by atoms with Crippen LogP contribution in [0.25, 0.3) is 38.3 Å². The molecule has 0 unspecified atom stereocenters. The first kappa shape index (κ1) is 12.5. The van der Waals surface area contributed by atoms with Gasteiger partial charge in [0.15, 0.2) is 11.2 Å². The van der Waals surface area contributed by atoms with Crippen LogP contribution in [0.2, 0.25) is 5.02 Å². The Hall–Kier alpha value is -2.99. The van der Waals surface area contributed by atoms with Crippen LogP contribution in [0, 0.1) is 0 Å². The topological polar surface area (TPSA) is 73.3 Å². The molecule has 6 nitrogen and oxygen atoms in total. The lowest BCUT2D eigenvalue weighted by Crippen LogP contribution is -2.02. The molecule has 0 saturated carbocycles. The van der Waals surface area contributed by atoms with Gasteiger partial charge in [-0.3, -0.25) is 0 Å². The minimum atomic E-state index is -0.397. The highest BCUT2D eigenvalue weighted by Gasteiger charge is 2.17. The number of rotatable bonds is 0. The molecule has 0 aliphatic carbocycles. The van der Waals surface area contributed by atoms with Gasteiger partial charge in [-0.05, 0) is 34.7 Å². The molecule has 0 bridgehead atoms. The first-order valence-electron chi connectivity index (χ1n) is 6.89. The fourth-order valence-electron chi connectivity index (χ4n) is 2.99. The Morgan fingerprint density at radius 1 is 1.04 bits per heavy atom. The van der Waals surface area contributed by atoms with Crippen molar-refractivity contribution in [3.63, 3.8) is 0 Å². The fraction of sp³-hybridized carbons (Fsp3) is 0. The summed E-state index contributed by atoms with van der Waals surface area (Å²) in [5.74, 6) is 0. The maximum Gasteiger partial charge on any atom is 0.344 e. The van der Waals surface area contributed by atoms with Crippen molar-refractivity contribution in [2.45, 2.75) is 0 Å². The lowest BCUT2D eigenvalue weighted by Gasteiger charge is -2.07. The normalized spacial score (nSPS) is 11.9. The van der Waals surface area contributed by atoms with Gasteiger partial charge in [-0.1, -0.05) is 29.8 Å². The third-order valence-corrected chi connectivity index (χ3v) is 4.20. The van der Waals surface area contributed by atoms with Crippen molar-refractivity contribution in [2.24, 2.45) is 0 Å². The highest BCUT2D eigenvalue weighted by atomic mass is 35.5. The molecule has 5 aromatic rings. The number of hydrogen-bond donors (Lipinski definition) is 0. The Balaban J connectivity index is 2.26. The van der Waals surface area contributed by atoms with E-state index in [0.29, 0.717) is 32.4 Å². The Labute approximate surface area is 132 Å². The highest BCUT2D eigenvalue weighted by molar-refractivity contribution is 6.32. The van der Waals surface area contributed by atoms with E-state index in [1.807, 2.05) is 12.1 Å². The molecule has 0 fully saturated rings. The molecule has 7 heteroatoms. The highest BCUT2D eigenvalue weighted by Crippen LogP contribution is 2.33. The molecule has 0 amide bonds. The van der Waals surface area contributed by atoms with Gasteiger partial charge in [-0.25, -0.2) is 4.79 Å². The summed E-state index contributed by atoms with van der Waals surface area (Å²) in [5.41, 5.74) is 1.30. The van der Waals surface area contributed by atoms with E-state index >= 15 is 0 Å². The number of halogens is 1. The Morgan fingerprint density at radius 2 is 1.87 bits per heavy atom. The van der Waals surface area contributed by atoms with E-state index in [9.17, 15) is 4.79 Å². The van der Waals surface area contributed by atoms with E-state index in [4.69, 9.17) is 16.0 Å². The summed E-state index contributed by atoms with van der Waals surface area (Å²) in [6.45, 7) is 0. The molecule has 0 atom stereocenters. The molecule has 110 valence electrons. The molecule has 3 aromatic heterocycles. The number of hydrogen-bond acceptors (Lipinski definition) is 5. The Morgan fingerprint density at radius 3 is 2.74 bits per heavy atom. The van der Waals surface area contributed by atoms with E-state index in [-0.39, 0.29) is 0 Å². The molecule has 0 aliphatic heterocycles. The van der Waals surface area contributed by atoms with Crippen LogP contribution in [-0.2, 0) is 0 Å². The van der Waals surface area contributed by atoms with Gasteiger partial charge >= 0.3 is 5.63 Å². The van der Waals surface area contributed by atoms with Crippen LogP contribution in [0.4, 0.5) is 0 Å². The molecule has 2 aromatic carbocycles. The number of pyridine rings is 1. The summed E-state index contributed by atoms with van der Waals surface area (Å²) < 4.78 is 7.22. The smallest absolute Gasteiger partial charge is 0.344 e. The van der Waals surface area contributed by atoms with Crippen molar-refractivity contribution in [1.82, 2.24) is 20.0 Å². The summed E-state index contributed by atoms with van der Waals surface area (Å²) in [5, 5.41) is 15.1. The lowest BCUT2D eigenvalue weighted by atomic mass is 10.1. The Kier molecular flexibility index (Phi) is 2.33. The fourth-order valence-corrected chi connectivity index (χ4v) is 3.16. The maximum atomic E-state index is 12.3. The van der Waals surface area contributed by atoms with Gasteiger partial charge < -0.3 is 4.42 Å². The summed E-state index contributed by atoms with van der Waals surface area (Å²) >= 11 is 6.12. The zero-order valence-electron chi connectivity index (χ0n) is 11.5. The quantitative estimate of drug-likeness (QED) is 0.409. The van der Waals surface area contributed by atoms with Crippen LogP contribution in [0.3, 0.4) is 0 Å². The molecular weight excluding hydrogens is 316 g/mol. The minimum absolute atomic E-state index is 0.397. The molecule has 3 heterocycles. The number of tetrazole rings is 1. The predicted molar refractivity (Wildman–Crippen MR) is 86.8 cm³/mol. The van der Waals surface area contributed by atoms with Crippen LogP contribution in [-0.4, -0.2) is 20.0 Å². The van der Waals surface area contributed by atoms with Crippen LogP contribution in [0.15, 0.2) is 51.7 Å². The molecule has 0 saturated heterocycles. The van der Waals surface area contributed by atoms with Gasteiger partial charge in [0, 0.05) is 15.8 Å². The summed E-state index contributed by atoms with van der Waals surface area (Å²) in [4.78, 5) is 12.3. The summed E-state index contributed by atoms with van der Waals surface area (Å²) in [6, 6.07) is 12.5. The molecule has 0 radical (unpaired) electrons. The number of fused-ring (bicyclic) bond motifs is 8. The second-order valence-electron chi connectivity index (χ2n) is 5.21. The predicted octanol–water partition coefficient (Wildman–Crippen LogP) is 3.19. The summed E-state index contributed by atoms with van der Waals surface area (Å²) in [7, 11) is 0. The SMILES string of the molecule is O=c1oc2c3cc(Cl)ccc3n3nnnc3c2c2ccccc12. The van der Waals surface area contributed by atoms with Gasteiger partial charge in [-0.2, -0.15) is 4.52 Å². The maximum absolute atomic E-state index is 12.3. The lowest BCUT2D eigenvalue weighted by molar-refractivity contribution is 0.572. The van der Waals surface area contributed by atoms with E-state index in [1.165, 1.54) is 0 Å². The van der Waals surface area contributed by atoms with Crippen LogP contribution in [0.1, 0.15) is 0 Å². The standard InChI is InChI=1S/C16H7ClN4O2/c17-8-5-6-12-11(7-8)14-13(15-18-19-20-21(12)15)9-3-1-2-4-10(9)16(22)23-14/h1-7H. The third-order valence-electron chi connectivity index (χ3n) is 3.96. The van der Waals surface area contributed by atoms with E-state index in [1.54, 1.807) is 34.8 Å². The first-order chi connectivity index (χ1) is 11.2. The van der Waals surface area contributed by atoms with Crippen LogP contribution >= 0.6 is 11.6 Å². The summed E-state index contributed by atoms with van der Waals surface area (Å²) in [6.07, 6.45) is 0. The van der Waals surface area contributed by atoms with Crippen LogP contribution in [0.5, 0.6) is 0 Å². The van der Waals surface area contributed by atoms with Gasteiger partial charge in [0.25, 0.3) is 0 Å². The van der Waals surface area contributed by atoms with Crippen molar-refractivity contribution >= 4 is 49.9 Å². The van der Waals surface area contributed by atoms with Gasteiger partial charge in [-0.15, -0.1) is 5.10 Å². The second-order valence-corrected chi connectivity index (χ2v) is 5.65. The number of benzene rings is 2. The zero-order chi connectivity index (χ0) is 15.6. The van der Waals surface area contributed by atoms with Crippen molar-refractivity contribution in [2.75, 3.05) is 0 Å². The van der Waals surface area contributed by atoms with Gasteiger partial charge in [0.05, 0.1) is 16.3 Å². The molecule has 23 heavy (non-hydrogen) atoms. The van der Waals surface area contributed by atoms with E-state index in [0.717, 1.165) is 10.9 Å². The Bertz CT molecular complexity index is 1310. The molecule has 0 N–H and O–H groups in total. The largest absolute Gasteiger partial charge is 0.421 e. The average molecular weight is 323 g/mol. The van der Waals surface area contributed by atoms with Gasteiger partial charge in [0.2, 0.25) is 0 Å². The van der Waals surface area contributed by atoms with Crippen molar-refractivity contribution < 1.29 is 4.42 Å². The second kappa shape index (κ2) is 4.27. The average Bonchev–Trinajstić information content (AvgIpc) is 3.04. The third kappa shape index (κ3) is 1.58. The molecular formula is C16H7ClN4O2.